The lowest BCUT2D eigenvalue weighted by Gasteiger charge is -2.22. The number of rotatable bonds is 10. The van der Waals surface area contributed by atoms with Crippen molar-refractivity contribution in [2.75, 3.05) is 6.26 Å². The molecule has 0 bridgehead atoms. The number of aliphatic hydroxyl groups excluding tert-OH is 1. The monoisotopic (exact) mass is 604 g/mol. The Balaban J connectivity index is 1.49. The first-order valence-corrected chi connectivity index (χ1v) is 15.6. The molecule has 0 radical (unpaired) electrons. The molecule has 220 valence electrons. The highest BCUT2D eigenvalue weighted by molar-refractivity contribution is 7.98. The van der Waals surface area contributed by atoms with E-state index in [9.17, 15) is 19.8 Å². The van der Waals surface area contributed by atoms with Crippen LogP contribution in [0, 0.1) is 0 Å². The summed E-state index contributed by atoms with van der Waals surface area (Å²) in [5.74, 6) is -0.293. The van der Waals surface area contributed by atoms with Gasteiger partial charge in [-0.1, -0.05) is 57.2 Å². The van der Waals surface area contributed by atoms with E-state index in [0.717, 1.165) is 27.1 Å². The maximum Gasteiger partial charge on any atom is 0.262 e. The molecule has 4 rings (SSSR count). The van der Waals surface area contributed by atoms with Crippen molar-refractivity contribution in [3.8, 4) is 22.5 Å². The van der Waals surface area contributed by atoms with Crippen molar-refractivity contribution < 1.29 is 19.8 Å². The Bertz CT molecular complexity index is 1510. The van der Waals surface area contributed by atoms with Gasteiger partial charge in [-0.25, -0.2) is 9.97 Å². The number of thiophene rings is 1. The molecule has 2 atom stereocenters. The smallest absolute Gasteiger partial charge is 0.262 e. The molecule has 0 aliphatic rings. The largest absolute Gasteiger partial charge is 0.366 e. The number of hydrogen-bond acceptors (Lipinski definition) is 8. The second-order valence-electron chi connectivity index (χ2n) is 11.1. The molecule has 0 fully saturated rings. The molecule has 0 unspecified atom stereocenters. The van der Waals surface area contributed by atoms with Crippen LogP contribution in [-0.4, -0.2) is 56.6 Å². The predicted octanol–water partition coefficient (Wildman–Crippen LogP) is 5.05. The summed E-state index contributed by atoms with van der Waals surface area (Å²) in [5.41, 5.74) is 3.51. The Morgan fingerprint density at radius 3 is 2.21 bits per heavy atom. The van der Waals surface area contributed by atoms with Gasteiger partial charge in [-0.2, -0.15) is 0 Å². The lowest BCUT2D eigenvalue weighted by molar-refractivity contribution is -0.128. The average molecular weight is 605 g/mol. The normalized spacial score (nSPS) is 13.0. The first kappa shape index (κ1) is 31.4. The zero-order valence-electron chi connectivity index (χ0n) is 24.3. The van der Waals surface area contributed by atoms with Crippen LogP contribution in [-0.2, 0) is 16.6 Å². The summed E-state index contributed by atoms with van der Waals surface area (Å²) in [4.78, 5) is 38.1. The summed E-state index contributed by atoms with van der Waals surface area (Å²) >= 11 is 3.07. The number of nitrogens with one attached hydrogen (secondary N) is 2. The number of aliphatic hydroxyl groups is 2. The fourth-order valence-corrected chi connectivity index (χ4v) is 5.58. The van der Waals surface area contributed by atoms with Crippen molar-refractivity contribution in [3.63, 3.8) is 0 Å². The molecule has 4 aromatic rings. The zero-order chi connectivity index (χ0) is 30.4. The fraction of sp³-hybridized carbons (Fsp3) is 0.312. The molecule has 2 aromatic carbocycles. The fourth-order valence-electron chi connectivity index (χ4n) is 4.16. The standard InChI is InChI=1S/C32H36N4O4S2/c1-19(31(39)40)35-29(37)25(36-30(38)26-13-14-27(42-26)32(2,3)4)15-20-9-11-21(12-10-20)28-33-17-23(18-34-28)22-7-6-8-24(16-22)41-5/h6-14,16-19,25,31,39-40H,15H2,1-5H3,(H,35,37)(H,36,38)/t19-,25+/m1/s1. The zero-order valence-corrected chi connectivity index (χ0v) is 25.9. The molecule has 0 saturated heterocycles. The van der Waals surface area contributed by atoms with Crippen LogP contribution in [0.15, 0.2) is 78.0 Å². The van der Waals surface area contributed by atoms with Crippen LogP contribution < -0.4 is 10.6 Å². The van der Waals surface area contributed by atoms with Crippen LogP contribution in [0.4, 0.5) is 0 Å². The summed E-state index contributed by atoms with van der Waals surface area (Å²) in [5, 5.41) is 24.3. The summed E-state index contributed by atoms with van der Waals surface area (Å²) in [6, 6.07) is 17.6. The molecule has 2 heterocycles. The van der Waals surface area contributed by atoms with E-state index < -0.39 is 24.3 Å². The Kier molecular flexibility index (Phi) is 10.2. The van der Waals surface area contributed by atoms with E-state index >= 15 is 0 Å². The van der Waals surface area contributed by atoms with Crippen LogP contribution in [0.3, 0.4) is 0 Å². The number of thioether (sulfide) groups is 1. The van der Waals surface area contributed by atoms with Gasteiger partial charge in [-0.3, -0.25) is 9.59 Å². The third-order valence-corrected chi connectivity index (χ3v) is 8.95. The quantitative estimate of drug-likeness (QED) is 0.148. The minimum absolute atomic E-state index is 0.0995. The number of nitrogens with zero attached hydrogens (tertiary/aromatic N) is 2. The number of hydrogen-bond donors (Lipinski definition) is 4. The molecule has 4 N–H and O–H groups in total. The van der Waals surface area contributed by atoms with Crippen molar-refractivity contribution >= 4 is 34.9 Å². The molecule has 10 heteroatoms. The van der Waals surface area contributed by atoms with E-state index in [1.807, 2.05) is 48.7 Å². The lowest BCUT2D eigenvalue weighted by Crippen LogP contribution is -2.52. The molecular formula is C32H36N4O4S2. The summed E-state index contributed by atoms with van der Waals surface area (Å²) in [6.45, 7) is 7.71. The van der Waals surface area contributed by atoms with E-state index in [1.54, 1.807) is 30.2 Å². The molecule has 42 heavy (non-hydrogen) atoms. The summed E-state index contributed by atoms with van der Waals surface area (Å²) in [7, 11) is 0. The van der Waals surface area contributed by atoms with Gasteiger partial charge < -0.3 is 20.8 Å². The molecule has 0 aliphatic heterocycles. The molecule has 8 nitrogen and oxygen atoms in total. The second kappa shape index (κ2) is 13.6. The first-order valence-electron chi connectivity index (χ1n) is 13.6. The first-order chi connectivity index (χ1) is 19.9. The van der Waals surface area contributed by atoms with E-state index in [4.69, 9.17) is 0 Å². The van der Waals surface area contributed by atoms with E-state index in [2.05, 4.69) is 53.5 Å². The molecule has 2 aromatic heterocycles. The van der Waals surface area contributed by atoms with Gasteiger partial charge in [0.15, 0.2) is 12.1 Å². The number of carbonyl (C=O) groups is 2. The van der Waals surface area contributed by atoms with Crippen molar-refractivity contribution in [1.29, 1.82) is 0 Å². The number of aromatic nitrogens is 2. The van der Waals surface area contributed by atoms with Gasteiger partial charge in [0.25, 0.3) is 5.91 Å². The lowest BCUT2D eigenvalue weighted by atomic mass is 9.95. The maximum atomic E-state index is 13.1. The summed E-state index contributed by atoms with van der Waals surface area (Å²) in [6.07, 6.45) is 4.12. The van der Waals surface area contributed by atoms with Crippen LogP contribution >= 0.6 is 23.1 Å². The van der Waals surface area contributed by atoms with E-state index in [0.29, 0.717) is 10.7 Å². The number of amides is 2. The predicted molar refractivity (Wildman–Crippen MR) is 168 cm³/mol. The van der Waals surface area contributed by atoms with Crippen molar-refractivity contribution in [2.45, 2.75) is 62.8 Å². The van der Waals surface area contributed by atoms with Crippen LogP contribution in [0.2, 0.25) is 0 Å². The molecular weight excluding hydrogens is 569 g/mol. The van der Waals surface area contributed by atoms with E-state index in [-0.39, 0.29) is 17.7 Å². The third kappa shape index (κ3) is 8.04. The van der Waals surface area contributed by atoms with Crippen LogP contribution in [0.1, 0.15) is 47.8 Å². The van der Waals surface area contributed by atoms with Gasteiger partial charge in [-0.15, -0.1) is 23.1 Å². The third-order valence-electron chi connectivity index (χ3n) is 6.71. The molecule has 0 spiro atoms. The Hall–Kier alpha value is -3.57. The number of benzene rings is 2. The molecule has 0 saturated carbocycles. The topological polar surface area (TPSA) is 124 Å². The Morgan fingerprint density at radius 2 is 1.62 bits per heavy atom. The second-order valence-corrected chi connectivity index (χ2v) is 13.0. The maximum absolute atomic E-state index is 13.1. The summed E-state index contributed by atoms with van der Waals surface area (Å²) < 4.78 is 0. The van der Waals surface area contributed by atoms with Gasteiger partial charge in [-0.05, 0) is 54.0 Å². The minimum atomic E-state index is -1.72. The van der Waals surface area contributed by atoms with Gasteiger partial charge in [0.1, 0.15) is 6.04 Å². The average Bonchev–Trinajstić information content (AvgIpc) is 3.49. The van der Waals surface area contributed by atoms with Crippen LogP contribution in [0.25, 0.3) is 22.5 Å². The highest BCUT2D eigenvalue weighted by Crippen LogP contribution is 2.29. The van der Waals surface area contributed by atoms with Gasteiger partial charge >= 0.3 is 0 Å². The molecule has 2 amide bonds. The molecule has 0 aliphatic carbocycles. The number of carbonyl (C=O) groups excluding carboxylic acids is 2. The van der Waals surface area contributed by atoms with Crippen LogP contribution in [0.5, 0.6) is 0 Å². The minimum Gasteiger partial charge on any atom is -0.366 e. The Labute approximate surface area is 254 Å². The van der Waals surface area contributed by atoms with Crippen molar-refractivity contribution in [2.24, 2.45) is 0 Å². The van der Waals surface area contributed by atoms with Crippen molar-refractivity contribution in [3.05, 3.63) is 88.4 Å². The van der Waals surface area contributed by atoms with Crippen molar-refractivity contribution in [1.82, 2.24) is 20.6 Å². The van der Waals surface area contributed by atoms with Gasteiger partial charge in [0.05, 0.1) is 10.9 Å². The SMILES string of the molecule is CSc1cccc(-c2cnc(-c3ccc(C[C@H](NC(=O)c4ccc(C(C)(C)C)s4)C(=O)N[C@H](C)C(O)O)cc3)nc2)c1. The highest BCUT2D eigenvalue weighted by Gasteiger charge is 2.26. The van der Waals surface area contributed by atoms with Gasteiger partial charge in [0.2, 0.25) is 5.91 Å². The highest BCUT2D eigenvalue weighted by atomic mass is 32.2. The van der Waals surface area contributed by atoms with Gasteiger partial charge in [0, 0.05) is 39.7 Å². The van der Waals surface area contributed by atoms with E-state index in [1.165, 1.54) is 23.2 Å². The Morgan fingerprint density at radius 1 is 0.929 bits per heavy atom.